The number of methoxy groups -OCH3 is 1. The SMILES string of the molecule is CCOC(=O)C1=C/C(=C\C[NH+]2C=CNC2[NH+]2CN=C3C(=O)NC(=N)N=C32)c2c(OC)c3c(c(CO)c2O1)O[C@H]([C@@](C)(O)CCCCO)C3. The smallest absolute Gasteiger partial charge is 0.374 e. The van der Waals surface area contributed by atoms with Crippen molar-refractivity contribution in [1.29, 1.82) is 5.41 Å². The van der Waals surface area contributed by atoms with E-state index in [-0.39, 0.29) is 49.4 Å². The third kappa shape index (κ3) is 5.97. The van der Waals surface area contributed by atoms with Crippen molar-refractivity contribution in [2.75, 3.05) is 33.5 Å². The van der Waals surface area contributed by atoms with Crippen molar-refractivity contribution in [3.63, 3.8) is 0 Å². The van der Waals surface area contributed by atoms with Crippen LogP contribution < -0.4 is 34.6 Å². The van der Waals surface area contributed by atoms with Gasteiger partial charge < -0.3 is 34.3 Å². The molecule has 6 rings (SSSR count). The fourth-order valence-corrected chi connectivity index (χ4v) is 6.65. The molecule has 5 aliphatic rings. The van der Waals surface area contributed by atoms with Gasteiger partial charge in [0.05, 0.1) is 43.3 Å². The number of hydrogen-bond acceptors (Lipinski definition) is 12. The highest BCUT2D eigenvalue weighted by Gasteiger charge is 2.47. The zero-order chi connectivity index (χ0) is 34.2. The van der Waals surface area contributed by atoms with Gasteiger partial charge in [-0.3, -0.25) is 20.8 Å². The Morgan fingerprint density at radius 1 is 1.29 bits per heavy atom. The number of aliphatic imine (C=N–C) groups is 2. The second-order valence-corrected chi connectivity index (χ2v) is 12.2. The van der Waals surface area contributed by atoms with Crippen LogP contribution in [0.25, 0.3) is 5.57 Å². The highest BCUT2D eigenvalue weighted by Crippen LogP contribution is 2.53. The van der Waals surface area contributed by atoms with Crippen molar-refractivity contribution in [1.82, 2.24) is 10.6 Å². The first-order valence-electron chi connectivity index (χ1n) is 15.9. The molecular weight excluding hydrogens is 626 g/mol. The lowest BCUT2D eigenvalue weighted by Gasteiger charge is -2.29. The number of amides is 1. The number of benzene rings is 1. The molecule has 5 aliphatic heterocycles. The Morgan fingerprint density at radius 3 is 2.83 bits per heavy atom. The summed E-state index contributed by atoms with van der Waals surface area (Å²) in [5.74, 6) is -0.111. The number of nitrogens with one attached hydrogen (secondary N) is 5. The van der Waals surface area contributed by atoms with Crippen LogP contribution in [0, 0.1) is 5.41 Å². The Bertz CT molecular complexity index is 1680. The Labute approximate surface area is 276 Å². The monoisotopic (exact) mass is 667 g/mol. The molecule has 1 aromatic rings. The molecular formula is C32H41N7O9+2. The highest BCUT2D eigenvalue weighted by atomic mass is 16.6. The number of allylic oxidation sites excluding steroid dienone is 2. The Hall–Kier alpha value is -4.61. The number of amidine groups is 1. The van der Waals surface area contributed by atoms with Gasteiger partial charge in [-0.1, -0.05) is 0 Å². The summed E-state index contributed by atoms with van der Waals surface area (Å²) in [4.78, 5) is 35.7. The van der Waals surface area contributed by atoms with Crippen LogP contribution in [0.15, 0.2) is 40.3 Å². The third-order valence-corrected chi connectivity index (χ3v) is 9.05. The average molecular weight is 668 g/mol. The molecule has 3 unspecified atom stereocenters. The minimum Gasteiger partial charge on any atom is -0.496 e. The number of esters is 1. The first-order chi connectivity index (χ1) is 23.1. The number of unbranched alkanes of at least 4 members (excludes halogenated alkanes) is 1. The standard InChI is InChI=1S/C32H39N7O9/c1-4-46-29(43)20-13-17(7-10-38-11-9-34-31(38)39-16-35-23-27(39)36-30(33)37-28(23)42)22-25(45-3)18-14-21(32(2,44)8-5-6-12-40)48-24(18)19(15-41)26(22)47-20/h7,9,11,13,21,31,34,40-41,44H,4-6,8,10,12,14-16H2,1-3H3,(H2,33,37,42)/p+2/b17-7+/t21-,31?,32-/m0/s1. The van der Waals surface area contributed by atoms with Crippen LogP contribution in [0.2, 0.25) is 0 Å². The molecule has 0 spiro atoms. The summed E-state index contributed by atoms with van der Waals surface area (Å²) in [5.41, 5.74) is 1.04. The first kappa shape index (κ1) is 33.3. The normalized spacial score (nSPS) is 25.8. The highest BCUT2D eigenvalue weighted by molar-refractivity contribution is 6.68. The zero-order valence-electron chi connectivity index (χ0n) is 27.0. The molecule has 0 aromatic heterocycles. The molecule has 16 nitrogen and oxygen atoms in total. The second-order valence-electron chi connectivity index (χ2n) is 12.2. The van der Waals surface area contributed by atoms with Crippen molar-refractivity contribution in [3.05, 3.63) is 47.0 Å². The summed E-state index contributed by atoms with van der Waals surface area (Å²) in [6, 6.07) is 0. The predicted octanol–water partition coefficient (Wildman–Crippen LogP) is -2.37. The van der Waals surface area contributed by atoms with Crippen molar-refractivity contribution in [2.45, 2.75) is 64.1 Å². The lowest BCUT2D eigenvalue weighted by atomic mass is 9.87. The number of fused-ring (bicyclic) bond motifs is 3. The largest absolute Gasteiger partial charge is 0.496 e. The van der Waals surface area contributed by atoms with Gasteiger partial charge in [0.1, 0.15) is 36.1 Å². The van der Waals surface area contributed by atoms with E-state index in [2.05, 4.69) is 20.6 Å². The Kier molecular flexibility index (Phi) is 9.35. The lowest BCUT2D eigenvalue weighted by molar-refractivity contribution is -1.05. The van der Waals surface area contributed by atoms with Gasteiger partial charge in [-0.2, -0.15) is 9.89 Å². The van der Waals surface area contributed by atoms with Crippen molar-refractivity contribution in [3.8, 4) is 17.2 Å². The summed E-state index contributed by atoms with van der Waals surface area (Å²) in [6.45, 7) is 3.69. The van der Waals surface area contributed by atoms with Crippen molar-refractivity contribution < 1.29 is 53.7 Å². The average Bonchev–Trinajstić information content (AvgIpc) is 3.81. The zero-order valence-corrected chi connectivity index (χ0v) is 27.0. The Balaban J connectivity index is 1.37. The molecule has 16 heteroatoms. The van der Waals surface area contributed by atoms with Gasteiger partial charge in [0, 0.05) is 18.6 Å². The molecule has 0 radical (unpaired) electrons. The summed E-state index contributed by atoms with van der Waals surface area (Å²) < 4.78 is 23.7. The number of hydrogen-bond donors (Lipinski definition) is 8. The van der Waals surface area contributed by atoms with Gasteiger partial charge in [0.2, 0.25) is 17.4 Å². The molecule has 0 saturated carbocycles. The van der Waals surface area contributed by atoms with Gasteiger partial charge >= 0.3 is 12.3 Å². The van der Waals surface area contributed by atoms with E-state index < -0.39 is 30.2 Å². The van der Waals surface area contributed by atoms with Gasteiger partial charge in [-0.25, -0.2) is 14.7 Å². The number of carbonyl (C=O) groups excluding carboxylic acids is 2. The fraction of sp³-hybridized carbons (Fsp3) is 0.469. The van der Waals surface area contributed by atoms with E-state index in [4.69, 9.17) is 24.4 Å². The number of aliphatic hydroxyl groups is 3. The molecule has 1 aromatic carbocycles. The van der Waals surface area contributed by atoms with Crippen molar-refractivity contribution >= 4 is 35.0 Å². The molecule has 0 aliphatic carbocycles. The lowest BCUT2D eigenvalue weighted by Crippen LogP contribution is -3.36. The quantitative estimate of drug-likeness (QED) is 0.0877. The molecule has 48 heavy (non-hydrogen) atoms. The fourth-order valence-electron chi connectivity index (χ4n) is 6.65. The molecule has 5 atom stereocenters. The molecule has 256 valence electrons. The maximum atomic E-state index is 13.0. The Morgan fingerprint density at radius 2 is 2.10 bits per heavy atom. The van der Waals surface area contributed by atoms with E-state index in [1.165, 1.54) is 7.11 Å². The number of quaternary nitrogens is 2. The van der Waals surface area contributed by atoms with E-state index in [1.807, 2.05) is 12.3 Å². The number of carbonyl (C=O) groups is 2. The second kappa shape index (κ2) is 13.5. The molecule has 0 fully saturated rings. The minimum absolute atomic E-state index is 0.0236. The summed E-state index contributed by atoms with van der Waals surface area (Å²) in [5, 5.41) is 44.8. The summed E-state index contributed by atoms with van der Waals surface area (Å²) in [6.07, 6.45) is 8.07. The molecule has 8 N–H and O–H groups in total. The molecule has 0 saturated heterocycles. The van der Waals surface area contributed by atoms with E-state index in [0.29, 0.717) is 71.8 Å². The predicted molar refractivity (Wildman–Crippen MR) is 170 cm³/mol. The van der Waals surface area contributed by atoms with Crippen LogP contribution >= 0.6 is 0 Å². The topological polar surface area (TPSA) is 213 Å². The maximum Gasteiger partial charge on any atom is 0.374 e. The van der Waals surface area contributed by atoms with E-state index in [1.54, 1.807) is 26.1 Å². The number of aliphatic hydroxyl groups excluding tert-OH is 2. The van der Waals surface area contributed by atoms with Gasteiger partial charge in [-0.15, -0.1) is 0 Å². The summed E-state index contributed by atoms with van der Waals surface area (Å²) in [7, 11) is 1.52. The van der Waals surface area contributed by atoms with Crippen molar-refractivity contribution in [2.24, 2.45) is 9.98 Å². The molecule has 1 amide bonds. The van der Waals surface area contributed by atoms with Crippen LogP contribution in [0.3, 0.4) is 0 Å². The van der Waals surface area contributed by atoms with Gasteiger partial charge in [0.25, 0.3) is 11.7 Å². The van der Waals surface area contributed by atoms with E-state index in [0.717, 1.165) is 9.80 Å². The van der Waals surface area contributed by atoms with Crippen LogP contribution in [-0.2, 0) is 27.4 Å². The number of nitrogens with zero attached hydrogens (tertiary/aromatic N) is 2. The maximum absolute atomic E-state index is 13.0. The number of guanidine groups is 1. The van der Waals surface area contributed by atoms with E-state index >= 15 is 0 Å². The third-order valence-electron chi connectivity index (χ3n) is 9.05. The van der Waals surface area contributed by atoms with Crippen LogP contribution in [0.5, 0.6) is 17.2 Å². The van der Waals surface area contributed by atoms with Crippen LogP contribution in [0.4, 0.5) is 0 Å². The molecule has 0 bridgehead atoms. The molecule has 5 heterocycles. The van der Waals surface area contributed by atoms with Gasteiger partial charge in [0.15, 0.2) is 6.67 Å². The first-order valence-corrected chi connectivity index (χ1v) is 15.9. The van der Waals surface area contributed by atoms with Crippen LogP contribution in [-0.4, -0.2) is 96.2 Å². The van der Waals surface area contributed by atoms with Gasteiger partial charge in [-0.05, 0) is 50.8 Å². The minimum atomic E-state index is -1.24. The number of ether oxygens (including phenoxy) is 4. The van der Waals surface area contributed by atoms with Crippen LogP contribution in [0.1, 0.15) is 49.8 Å². The number of rotatable bonds is 12. The summed E-state index contributed by atoms with van der Waals surface area (Å²) >= 11 is 0. The van der Waals surface area contributed by atoms with E-state index in [9.17, 15) is 24.9 Å².